The first-order chi connectivity index (χ1) is 4.75. The van der Waals surface area contributed by atoms with Crippen molar-refractivity contribution in [2.45, 2.75) is 0 Å². The first-order valence-corrected chi connectivity index (χ1v) is 2.73. The van der Waals surface area contributed by atoms with Gasteiger partial charge in [0.25, 0.3) is 5.95 Å². The van der Waals surface area contributed by atoms with E-state index < -0.39 is 0 Å². The first-order valence-electron chi connectivity index (χ1n) is 2.73. The molecule has 0 spiro atoms. The van der Waals surface area contributed by atoms with E-state index in [2.05, 4.69) is 0 Å². The molecule has 2 heterocycles. The van der Waals surface area contributed by atoms with Gasteiger partial charge in [0.1, 0.15) is 0 Å². The monoisotopic (exact) mass is 139 g/mol. The minimum Gasteiger partial charge on any atom is -0.481 e. The number of anilines is 1. The molecule has 3 N–H and O–H groups in total. The molecule has 52 valence electrons. The van der Waals surface area contributed by atoms with Gasteiger partial charge < -0.3 is 19.7 Å². The number of furan rings is 2. The van der Waals surface area contributed by atoms with Crippen molar-refractivity contribution in [1.29, 1.82) is 0 Å². The zero-order valence-corrected chi connectivity index (χ0v) is 5.00. The van der Waals surface area contributed by atoms with Crippen LogP contribution in [0, 0.1) is 0 Å². The Morgan fingerprint density at radius 2 is 1.90 bits per heavy atom. The Kier molecular flexibility index (Phi) is 0.768. The minimum absolute atomic E-state index is 0.159. The smallest absolute Gasteiger partial charge is 0.286 e. The van der Waals surface area contributed by atoms with E-state index in [9.17, 15) is 0 Å². The van der Waals surface area contributed by atoms with Gasteiger partial charge in [0.2, 0.25) is 0 Å². The highest BCUT2D eigenvalue weighted by Crippen LogP contribution is 2.27. The summed E-state index contributed by atoms with van der Waals surface area (Å²) >= 11 is 0. The van der Waals surface area contributed by atoms with Crippen molar-refractivity contribution in [1.82, 2.24) is 0 Å². The lowest BCUT2D eigenvalue weighted by Gasteiger charge is -1.77. The van der Waals surface area contributed by atoms with Gasteiger partial charge in [-0.1, -0.05) is 0 Å². The largest absolute Gasteiger partial charge is 0.481 e. The molecule has 0 aliphatic heterocycles. The summed E-state index contributed by atoms with van der Waals surface area (Å²) in [4.78, 5) is 0. The van der Waals surface area contributed by atoms with E-state index in [0.29, 0.717) is 11.2 Å². The van der Waals surface area contributed by atoms with Crippen molar-refractivity contribution in [3.8, 4) is 5.95 Å². The van der Waals surface area contributed by atoms with Crippen LogP contribution in [-0.4, -0.2) is 5.11 Å². The summed E-state index contributed by atoms with van der Waals surface area (Å²) in [6, 6.07) is 2.88. The third-order valence-corrected chi connectivity index (χ3v) is 1.21. The van der Waals surface area contributed by atoms with Crippen LogP contribution in [-0.2, 0) is 0 Å². The third kappa shape index (κ3) is 0.556. The van der Waals surface area contributed by atoms with Crippen LogP contribution in [0.1, 0.15) is 0 Å². The van der Waals surface area contributed by atoms with Crippen LogP contribution in [0.4, 0.5) is 5.88 Å². The molecule has 0 bridgehead atoms. The maximum absolute atomic E-state index is 8.77. The molecular formula is C6H5NO3. The zero-order valence-electron chi connectivity index (χ0n) is 5.00. The van der Waals surface area contributed by atoms with Crippen molar-refractivity contribution < 1.29 is 13.9 Å². The third-order valence-electron chi connectivity index (χ3n) is 1.21. The van der Waals surface area contributed by atoms with Crippen LogP contribution >= 0.6 is 0 Å². The summed E-state index contributed by atoms with van der Waals surface area (Å²) in [5.74, 6) is 0.127. The SMILES string of the molecule is Nc1cc2oc(O)cc2o1. The second-order valence-corrected chi connectivity index (χ2v) is 1.96. The van der Waals surface area contributed by atoms with Crippen LogP contribution in [0.5, 0.6) is 5.95 Å². The Bertz CT molecular complexity index is 297. The van der Waals surface area contributed by atoms with E-state index in [4.69, 9.17) is 19.7 Å². The Morgan fingerprint density at radius 3 is 2.60 bits per heavy atom. The maximum atomic E-state index is 8.77. The van der Waals surface area contributed by atoms with E-state index >= 15 is 0 Å². The van der Waals surface area contributed by atoms with Gasteiger partial charge in [-0.2, -0.15) is 0 Å². The molecular weight excluding hydrogens is 134 g/mol. The summed E-state index contributed by atoms with van der Waals surface area (Å²) in [5, 5.41) is 8.77. The topological polar surface area (TPSA) is 72.5 Å². The fourth-order valence-electron chi connectivity index (χ4n) is 0.842. The average molecular weight is 139 g/mol. The number of nitrogen functional groups attached to an aromatic ring is 1. The average Bonchev–Trinajstić information content (AvgIpc) is 2.21. The Hall–Kier alpha value is -1.58. The zero-order chi connectivity index (χ0) is 7.14. The molecule has 0 atom stereocenters. The van der Waals surface area contributed by atoms with Gasteiger partial charge in [0, 0.05) is 6.07 Å². The molecule has 0 amide bonds. The van der Waals surface area contributed by atoms with Gasteiger partial charge in [0.05, 0.1) is 6.07 Å². The van der Waals surface area contributed by atoms with Crippen molar-refractivity contribution in [2.24, 2.45) is 0 Å². The van der Waals surface area contributed by atoms with Gasteiger partial charge in [-0.3, -0.25) is 0 Å². The molecule has 0 saturated heterocycles. The van der Waals surface area contributed by atoms with E-state index in [1.54, 1.807) is 0 Å². The predicted molar refractivity (Wildman–Crippen MR) is 34.6 cm³/mol. The van der Waals surface area contributed by atoms with E-state index in [1.807, 2.05) is 0 Å². The van der Waals surface area contributed by atoms with E-state index in [0.717, 1.165) is 0 Å². The number of fused-ring (bicyclic) bond motifs is 1. The van der Waals surface area contributed by atoms with Crippen LogP contribution in [0.3, 0.4) is 0 Å². The molecule has 0 radical (unpaired) electrons. The number of hydrogen-bond acceptors (Lipinski definition) is 4. The van der Waals surface area contributed by atoms with Gasteiger partial charge in [-0.25, -0.2) is 0 Å². The molecule has 0 unspecified atom stereocenters. The van der Waals surface area contributed by atoms with Crippen LogP contribution in [0.2, 0.25) is 0 Å². The van der Waals surface area contributed by atoms with Crippen molar-refractivity contribution >= 4 is 17.1 Å². The van der Waals surface area contributed by atoms with Gasteiger partial charge in [-0.15, -0.1) is 0 Å². The predicted octanol–water partition coefficient (Wildman–Crippen LogP) is 1.31. The summed E-state index contributed by atoms with van der Waals surface area (Å²) in [5.41, 5.74) is 6.21. The minimum atomic E-state index is -0.159. The molecule has 4 nitrogen and oxygen atoms in total. The van der Waals surface area contributed by atoms with Gasteiger partial charge in [0.15, 0.2) is 17.1 Å². The molecule has 4 heteroatoms. The molecule has 2 rings (SSSR count). The number of hydrogen-bond donors (Lipinski definition) is 2. The van der Waals surface area contributed by atoms with Crippen LogP contribution in [0.25, 0.3) is 11.2 Å². The Labute approximate surface area is 55.8 Å². The summed E-state index contributed by atoms with van der Waals surface area (Å²) in [6.07, 6.45) is 0. The lowest BCUT2D eigenvalue weighted by Crippen LogP contribution is -1.75. The Morgan fingerprint density at radius 1 is 1.20 bits per heavy atom. The quantitative estimate of drug-likeness (QED) is 0.577. The molecule has 0 aromatic carbocycles. The van der Waals surface area contributed by atoms with E-state index in [1.165, 1.54) is 12.1 Å². The molecule has 2 aromatic heterocycles. The molecule has 0 aliphatic carbocycles. The highest BCUT2D eigenvalue weighted by atomic mass is 16.5. The van der Waals surface area contributed by atoms with Crippen molar-refractivity contribution in [2.75, 3.05) is 5.73 Å². The normalized spacial score (nSPS) is 10.8. The fraction of sp³-hybridized carbons (Fsp3) is 0. The molecule has 0 aliphatic rings. The number of aromatic hydroxyl groups is 1. The standard InChI is InChI=1S/C6H5NO3/c7-5-1-3-4(9-5)2-6(8)10-3/h1-2,8H,7H2. The molecule has 10 heavy (non-hydrogen) atoms. The van der Waals surface area contributed by atoms with Crippen molar-refractivity contribution in [3.05, 3.63) is 12.1 Å². The van der Waals surface area contributed by atoms with Crippen LogP contribution in [0.15, 0.2) is 21.0 Å². The van der Waals surface area contributed by atoms with Gasteiger partial charge in [-0.05, 0) is 0 Å². The molecule has 0 saturated carbocycles. The second kappa shape index (κ2) is 1.47. The summed E-state index contributed by atoms with van der Waals surface area (Å²) < 4.78 is 9.68. The highest BCUT2D eigenvalue weighted by molar-refractivity contribution is 5.75. The first kappa shape index (κ1) is 5.22. The van der Waals surface area contributed by atoms with Crippen LogP contribution < -0.4 is 5.73 Å². The second-order valence-electron chi connectivity index (χ2n) is 1.96. The van der Waals surface area contributed by atoms with Gasteiger partial charge >= 0.3 is 0 Å². The van der Waals surface area contributed by atoms with Crippen molar-refractivity contribution in [3.63, 3.8) is 0 Å². The number of rotatable bonds is 0. The summed E-state index contributed by atoms with van der Waals surface area (Å²) in [6.45, 7) is 0. The Balaban J connectivity index is 2.83. The lowest BCUT2D eigenvalue weighted by molar-refractivity contribution is 0.346. The lowest BCUT2D eigenvalue weighted by atomic mass is 10.5. The molecule has 0 fully saturated rings. The summed E-state index contributed by atoms with van der Waals surface area (Å²) in [7, 11) is 0. The molecule has 2 aromatic rings. The maximum Gasteiger partial charge on any atom is 0.286 e. The van der Waals surface area contributed by atoms with E-state index in [-0.39, 0.29) is 11.8 Å². The highest BCUT2D eigenvalue weighted by Gasteiger charge is 2.06. The fourth-order valence-corrected chi connectivity index (χ4v) is 0.842. The number of nitrogens with two attached hydrogens (primary N) is 1.